The van der Waals surface area contributed by atoms with Gasteiger partial charge in [-0.3, -0.25) is 10.1 Å². The predicted octanol–water partition coefficient (Wildman–Crippen LogP) is 3.79. The highest BCUT2D eigenvalue weighted by Gasteiger charge is 2.07. The molecule has 0 saturated carbocycles. The standard InChI is InChI=1S/C12H14N4O2S2/c1-3-15(4-2)20-19-12(9-13)14-10-5-7-11(8-6-10)16(17)18/h5-8H,3-4H2,1-2H3. The third-order valence-corrected chi connectivity index (χ3v) is 4.79. The van der Waals surface area contributed by atoms with Crippen molar-refractivity contribution in [3.8, 4) is 6.07 Å². The van der Waals surface area contributed by atoms with Crippen molar-refractivity contribution in [2.45, 2.75) is 13.8 Å². The molecular weight excluding hydrogens is 296 g/mol. The fourth-order valence-corrected chi connectivity index (χ4v) is 3.20. The maximum absolute atomic E-state index is 10.5. The highest BCUT2D eigenvalue weighted by molar-refractivity contribution is 8.81. The zero-order chi connectivity index (χ0) is 15.0. The monoisotopic (exact) mass is 310 g/mol. The van der Waals surface area contributed by atoms with Crippen LogP contribution in [0.5, 0.6) is 0 Å². The average molecular weight is 310 g/mol. The van der Waals surface area contributed by atoms with Gasteiger partial charge >= 0.3 is 0 Å². The first kappa shape index (κ1) is 16.5. The van der Waals surface area contributed by atoms with Gasteiger partial charge in [0.1, 0.15) is 6.07 Å². The number of nitrogens with zero attached hydrogens (tertiary/aromatic N) is 4. The van der Waals surface area contributed by atoms with Crippen molar-refractivity contribution in [2.75, 3.05) is 13.1 Å². The van der Waals surface area contributed by atoms with Crippen molar-refractivity contribution in [1.29, 1.82) is 5.26 Å². The van der Waals surface area contributed by atoms with Crippen LogP contribution in [-0.4, -0.2) is 27.4 Å². The van der Waals surface area contributed by atoms with E-state index in [4.69, 9.17) is 5.26 Å². The van der Waals surface area contributed by atoms with Crippen LogP contribution in [0, 0.1) is 21.4 Å². The molecule has 0 aliphatic rings. The average Bonchev–Trinajstić information content (AvgIpc) is 2.47. The van der Waals surface area contributed by atoms with Crippen LogP contribution in [0.4, 0.5) is 11.4 Å². The van der Waals surface area contributed by atoms with Crippen LogP contribution in [0.1, 0.15) is 13.8 Å². The van der Waals surface area contributed by atoms with Crippen molar-refractivity contribution < 1.29 is 4.92 Å². The number of hydrogen-bond acceptors (Lipinski definition) is 7. The Morgan fingerprint density at radius 2 is 2.00 bits per heavy atom. The molecule has 0 unspecified atom stereocenters. The minimum absolute atomic E-state index is 0.00706. The number of nitriles is 1. The minimum Gasteiger partial charge on any atom is -0.258 e. The summed E-state index contributed by atoms with van der Waals surface area (Å²) in [5.74, 6) is 0. The van der Waals surface area contributed by atoms with E-state index in [1.165, 1.54) is 46.0 Å². The number of hydrogen-bond donors (Lipinski definition) is 0. The third-order valence-electron chi connectivity index (χ3n) is 2.31. The van der Waals surface area contributed by atoms with E-state index < -0.39 is 4.92 Å². The van der Waals surface area contributed by atoms with Crippen molar-refractivity contribution in [1.82, 2.24) is 4.31 Å². The van der Waals surface area contributed by atoms with Gasteiger partial charge in [-0.25, -0.2) is 9.30 Å². The summed E-state index contributed by atoms with van der Waals surface area (Å²) in [6, 6.07) is 7.82. The maximum atomic E-state index is 10.5. The summed E-state index contributed by atoms with van der Waals surface area (Å²) in [5, 5.41) is 19.9. The van der Waals surface area contributed by atoms with E-state index in [1.54, 1.807) is 0 Å². The molecule has 1 aromatic rings. The summed E-state index contributed by atoms with van der Waals surface area (Å²) in [6.45, 7) is 5.84. The number of benzene rings is 1. The van der Waals surface area contributed by atoms with Gasteiger partial charge in [0.05, 0.1) is 10.6 Å². The largest absolute Gasteiger partial charge is 0.269 e. The molecule has 0 heterocycles. The summed E-state index contributed by atoms with van der Waals surface area (Å²) in [6.07, 6.45) is 0. The lowest BCUT2D eigenvalue weighted by Gasteiger charge is -2.14. The van der Waals surface area contributed by atoms with Gasteiger partial charge in [-0.15, -0.1) is 0 Å². The number of aliphatic imine (C=N–C) groups is 1. The molecule has 0 spiro atoms. The van der Waals surface area contributed by atoms with Gasteiger partial charge in [-0.2, -0.15) is 5.26 Å². The van der Waals surface area contributed by atoms with Gasteiger partial charge in [0.2, 0.25) is 0 Å². The van der Waals surface area contributed by atoms with Crippen molar-refractivity contribution in [2.24, 2.45) is 4.99 Å². The van der Waals surface area contributed by atoms with E-state index in [2.05, 4.69) is 9.30 Å². The van der Waals surface area contributed by atoms with Crippen molar-refractivity contribution in [3.63, 3.8) is 0 Å². The second-order valence-corrected chi connectivity index (χ2v) is 5.74. The molecule has 0 saturated heterocycles. The molecule has 0 N–H and O–H groups in total. The van der Waals surface area contributed by atoms with Gasteiger partial charge in [-0.05, 0) is 33.9 Å². The Morgan fingerprint density at radius 1 is 1.40 bits per heavy atom. The second kappa shape index (κ2) is 8.58. The molecule has 8 heteroatoms. The zero-order valence-corrected chi connectivity index (χ0v) is 12.8. The van der Waals surface area contributed by atoms with Gasteiger partial charge in [0.15, 0.2) is 5.04 Å². The molecule has 0 aliphatic heterocycles. The molecular formula is C12H14N4O2S2. The quantitative estimate of drug-likeness (QED) is 0.198. The molecule has 0 aromatic heterocycles. The van der Waals surface area contributed by atoms with E-state index >= 15 is 0 Å². The van der Waals surface area contributed by atoms with Crippen LogP contribution in [0.3, 0.4) is 0 Å². The normalized spacial score (nSPS) is 11.4. The molecule has 1 rings (SSSR count). The first-order valence-electron chi connectivity index (χ1n) is 5.93. The Bertz CT molecular complexity index is 521. The number of nitro benzene ring substituents is 1. The molecule has 0 bridgehead atoms. The second-order valence-electron chi connectivity index (χ2n) is 3.57. The smallest absolute Gasteiger partial charge is 0.258 e. The molecule has 0 atom stereocenters. The highest BCUT2D eigenvalue weighted by Crippen LogP contribution is 2.28. The van der Waals surface area contributed by atoms with E-state index in [-0.39, 0.29) is 5.69 Å². The highest BCUT2D eigenvalue weighted by atomic mass is 33.1. The van der Waals surface area contributed by atoms with E-state index in [0.29, 0.717) is 10.7 Å². The molecule has 0 radical (unpaired) electrons. The summed E-state index contributed by atoms with van der Waals surface area (Å²) < 4.78 is 2.09. The summed E-state index contributed by atoms with van der Waals surface area (Å²) >= 11 is 0. The van der Waals surface area contributed by atoms with E-state index in [9.17, 15) is 10.1 Å². The van der Waals surface area contributed by atoms with Gasteiger partial charge < -0.3 is 0 Å². The van der Waals surface area contributed by atoms with Crippen LogP contribution in [-0.2, 0) is 0 Å². The lowest BCUT2D eigenvalue weighted by Crippen LogP contribution is -2.12. The Hall–Kier alpha value is -1.56. The molecule has 0 fully saturated rings. The number of rotatable bonds is 6. The van der Waals surface area contributed by atoms with Crippen LogP contribution in [0.2, 0.25) is 0 Å². The molecule has 0 aliphatic carbocycles. The summed E-state index contributed by atoms with van der Waals surface area (Å²) in [7, 11) is 2.75. The third kappa shape index (κ3) is 5.21. The van der Waals surface area contributed by atoms with E-state index in [1.807, 2.05) is 19.9 Å². The van der Waals surface area contributed by atoms with E-state index in [0.717, 1.165) is 13.1 Å². The summed E-state index contributed by atoms with van der Waals surface area (Å²) in [5.41, 5.74) is 0.535. The Labute approximate surface area is 125 Å². The predicted molar refractivity (Wildman–Crippen MR) is 83.9 cm³/mol. The Balaban J connectivity index is 2.74. The van der Waals surface area contributed by atoms with Gasteiger partial charge in [-0.1, -0.05) is 13.8 Å². The molecule has 106 valence electrons. The number of nitro groups is 1. The topological polar surface area (TPSA) is 82.5 Å². The van der Waals surface area contributed by atoms with Gasteiger partial charge in [0.25, 0.3) is 5.69 Å². The fourth-order valence-electron chi connectivity index (χ4n) is 1.25. The lowest BCUT2D eigenvalue weighted by molar-refractivity contribution is -0.384. The SMILES string of the molecule is CCN(CC)SSC(C#N)=Nc1ccc([N+](=O)[O-])cc1. The molecule has 20 heavy (non-hydrogen) atoms. The van der Waals surface area contributed by atoms with Crippen LogP contribution in [0.25, 0.3) is 0 Å². The number of non-ortho nitro benzene ring substituents is 1. The Kier molecular flexibility index (Phi) is 7.08. The minimum atomic E-state index is -0.469. The maximum Gasteiger partial charge on any atom is 0.269 e. The Morgan fingerprint density at radius 3 is 2.45 bits per heavy atom. The van der Waals surface area contributed by atoms with Crippen LogP contribution >= 0.6 is 21.8 Å². The first-order valence-corrected chi connectivity index (χ1v) is 8.04. The zero-order valence-electron chi connectivity index (χ0n) is 11.1. The first-order chi connectivity index (χ1) is 9.60. The summed E-state index contributed by atoms with van der Waals surface area (Å²) in [4.78, 5) is 14.2. The molecule has 0 amide bonds. The molecule has 6 nitrogen and oxygen atoms in total. The van der Waals surface area contributed by atoms with Crippen molar-refractivity contribution in [3.05, 3.63) is 34.4 Å². The van der Waals surface area contributed by atoms with Gasteiger partial charge in [0, 0.05) is 25.2 Å². The lowest BCUT2D eigenvalue weighted by atomic mass is 10.3. The van der Waals surface area contributed by atoms with Crippen molar-refractivity contribution >= 4 is 38.2 Å². The fraction of sp³-hybridized carbons (Fsp3) is 0.333. The van der Waals surface area contributed by atoms with Crippen LogP contribution < -0.4 is 0 Å². The molecule has 1 aromatic carbocycles. The van der Waals surface area contributed by atoms with Crippen LogP contribution in [0.15, 0.2) is 29.3 Å².